The first kappa shape index (κ1) is 20.5. The van der Waals surface area contributed by atoms with Crippen molar-refractivity contribution in [2.75, 3.05) is 25.5 Å². The predicted octanol–water partition coefficient (Wildman–Crippen LogP) is 3.41. The zero-order valence-electron chi connectivity index (χ0n) is 15.2. The number of ketones is 1. The summed E-state index contributed by atoms with van der Waals surface area (Å²) in [6.07, 6.45) is 0.430. The summed E-state index contributed by atoms with van der Waals surface area (Å²) >= 11 is 5.99. The van der Waals surface area contributed by atoms with E-state index in [1.54, 1.807) is 55.5 Å². The third kappa shape index (κ3) is 6.11. The number of Topliss-reactive ketones (excluding diaryl/α,β-unsaturated/α-hetero) is 1. The largest absolute Gasteiger partial charge is 0.484 e. The van der Waals surface area contributed by atoms with Crippen molar-refractivity contribution >= 4 is 34.9 Å². The Morgan fingerprint density at radius 2 is 1.74 bits per heavy atom. The highest BCUT2D eigenvalue weighted by Crippen LogP contribution is 2.20. The first-order valence-electron chi connectivity index (χ1n) is 8.45. The molecule has 2 amide bonds. The molecule has 2 aromatic rings. The number of halogens is 1. The van der Waals surface area contributed by atoms with Crippen LogP contribution in [0.5, 0.6) is 5.75 Å². The van der Waals surface area contributed by atoms with Crippen molar-refractivity contribution in [3.05, 3.63) is 59.1 Å². The van der Waals surface area contributed by atoms with Gasteiger partial charge in [-0.05, 0) is 36.4 Å². The van der Waals surface area contributed by atoms with Crippen LogP contribution in [0, 0.1) is 0 Å². The predicted molar refractivity (Wildman–Crippen MR) is 104 cm³/mol. The fourth-order valence-electron chi connectivity index (χ4n) is 2.25. The van der Waals surface area contributed by atoms with Crippen LogP contribution in [0.1, 0.15) is 23.7 Å². The number of amides is 2. The van der Waals surface area contributed by atoms with Crippen LogP contribution in [0.25, 0.3) is 0 Å². The normalized spacial score (nSPS) is 10.2. The summed E-state index contributed by atoms with van der Waals surface area (Å²) in [5.41, 5.74) is 1.09. The fraction of sp³-hybridized carbons (Fsp3) is 0.250. The molecule has 0 fully saturated rings. The summed E-state index contributed by atoms with van der Waals surface area (Å²) in [6.45, 7) is 1.46. The van der Waals surface area contributed by atoms with Gasteiger partial charge < -0.3 is 15.0 Å². The van der Waals surface area contributed by atoms with Crippen molar-refractivity contribution in [2.24, 2.45) is 0 Å². The second-order valence-electron chi connectivity index (χ2n) is 5.87. The third-order valence-electron chi connectivity index (χ3n) is 3.81. The van der Waals surface area contributed by atoms with Crippen LogP contribution in [0.2, 0.25) is 5.02 Å². The zero-order valence-corrected chi connectivity index (χ0v) is 16.0. The van der Waals surface area contributed by atoms with Crippen LogP contribution >= 0.6 is 11.6 Å². The molecule has 1 N–H and O–H groups in total. The molecule has 142 valence electrons. The lowest BCUT2D eigenvalue weighted by atomic mass is 10.1. The number of carbonyl (C=O) groups is 3. The van der Waals surface area contributed by atoms with Gasteiger partial charge in [-0.15, -0.1) is 0 Å². The van der Waals surface area contributed by atoms with Crippen LogP contribution < -0.4 is 10.1 Å². The molecule has 0 radical (unpaired) electrons. The smallest absolute Gasteiger partial charge is 0.260 e. The molecular formula is C20H21ClN2O4. The molecule has 0 saturated heterocycles. The molecule has 2 aromatic carbocycles. The Labute approximate surface area is 163 Å². The van der Waals surface area contributed by atoms with E-state index in [9.17, 15) is 14.4 Å². The Morgan fingerprint density at radius 3 is 2.37 bits per heavy atom. The number of hydrogen-bond acceptors (Lipinski definition) is 4. The zero-order chi connectivity index (χ0) is 19.8. The number of anilines is 1. The lowest BCUT2D eigenvalue weighted by Crippen LogP contribution is -2.37. The minimum atomic E-state index is -0.360. The summed E-state index contributed by atoms with van der Waals surface area (Å²) in [4.78, 5) is 37.0. The van der Waals surface area contributed by atoms with Crippen molar-refractivity contribution in [2.45, 2.75) is 13.3 Å². The standard InChI is InChI=1S/C20H21ClN2O4/c1-3-18(24)14-8-10-15(11-9-14)27-13-20(26)23(2)12-19(25)22-17-7-5-4-6-16(17)21/h4-11H,3,12-13H2,1-2H3,(H,22,25). The minimum Gasteiger partial charge on any atom is -0.484 e. The van der Waals surface area contributed by atoms with E-state index in [-0.39, 0.29) is 30.7 Å². The molecule has 0 aromatic heterocycles. The van der Waals surface area contributed by atoms with Crippen molar-refractivity contribution in [1.82, 2.24) is 4.90 Å². The third-order valence-corrected chi connectivity index (χ3v) is 4.14. The van der Waals surface area contributed by atoms with Gasteiger partial charge in [0.25, 0.3) is 5.91 Å². The average Bonchev–Trinajstić information content (AvgIpc) is 2.67. The van der Waals surface area contributed by atoms with Crippen molar-refractivity contribution < 1.29 is 19.1 Å². The SMILES string of the molecule is CCC(=O)c1ccc(OCC(=O)N(C)CC(=O)Nc2ccccc2Cl)cc1. The molecule has 0 unspecified atom stereocenters. The Kier molecular flexibility index (Phi) is 7.37. The van der Waals surface area contributed by atoms with Crippen LogP contribution in [0.15, 0.2) is 48.5 Å². The van der Waals surface area contributed by atoms with Gasteiger partial charge in [-0.2, -0.15) is 0 Å². The topological polar surface area (TPSA) is 75.7 Å². The molecular weight excluding hydrogens is 368 g/mol. The maximum absolute atomic E-state index is 12.1. The van der Waals surface area contributed by atoms with Crippen molar-refractivity contribution in [3.8, 4) is 5.75 Å². The summed E-state index contributed by atoms with van der Waals surface area (Å²) < 4.78 is 5.42. The number of rotatable bonds is 8. The second kappa shape index (κ2) is 9.73. The molecule has 0 aliphatic heterocycles. The summed E-state index contributed by atoms with van der Waals surface area (Å²) in [6, 6.07) is 13.5. The van der Waals surface area contributed by atoms with Gasteiger partial charge in [0.05, 0.1) is 17.3 Å². The van der Waals surface area contributed by atoms with Crippen molar-refractivity contribution in [1.29, 1.82) is 0 Å². The van der Waals surface area contributed by atoms with E-state index in [1.807, 2.05) is 0 Å². The number of nitrogens with zero attached hydrogens (tertiary/aromatic N) is 1. The monoisotopic (exact) mass is 388 g/mol. The number of carbonyl (C=O) groups excluding carboxylic acids is 3. The summed E-state index contributed by atoms with van der Waals surface area (Å²) in [5.74, 6) is -0.189. The Morgan fingerprint density at radius 1 is 1.07 bits per heavy atom. The number of para-hydroxylation sites is 1. The number of hydrogen-bond donors (Lipinski definition) is 1. The van der Waals surface area contributed by atoms with E-state index >= 15 is 0 Å². The number of likely N-dealkylation sites (N-methyl/N-ethyl adjacent to an activating group) is 1. The highest BCUT2D eigenvalue weighted by molar-refractivity contribution is 6.33. The van der Waals surface area contributed by atoms with Gasteiger partial charge in [-0.25, -0.2) is 0 Å². The molecule has 2 rings (SSSR count). The van der Waals surface area contributed by atoms with Gasteiger partial charge in [0.15, 0.2) is 12.4 Å². The van der Waals surface area contributed by atoms with Gasteiger partial charge in [0, 0.05) is 19.0 Å². The molecule has 0 saturated carbocycles. The lowest BCUT2D eigenvalue weighted by molar-refractivity contribution is -0.135. The van der Waals surface area contributed by atoms with E-state index in [0.29, 0.717) is 28.4 Å². The first-order valence-corrected chi connectivity index (χ1v) is 8.83. The van der Waals surface area contributed by atoms with Gasteiger partial charge in [0.1, 0.15) is 5.75 Å². The Bertz CT molecular complexity index is 821. The molecule has 0 spiro atoms. The molecule has 0 atom stereocenters. The van der Waals surface area contributed by atoms with E-state index in [4.69, 9.17) is 16.3 Å². The summed E-state index contributed by atoms with van der Waals surface area (Å²) in [5, 5.41) is 3.08. The van der Waals surface area contributed by atoms with Crippen LogP contribution in [-0.4, -0.2) is 42.7 Å². The molecule has 7 heteroatoms. The van der Waals surface area contributed by atoms with Gasteiger partial charge >= 0.3 is 0 Å². The highest BCUT2D eigenvalue weighted by Gasteiger charge is 2.14. The van der Waals surface area contributed by atoms with E-state index < -0.39 is 0 Å². The maximum atomic E-state index is 12.1. The molecule has 27 heavy (non-hydrogen) atoms. The Hall–Kier alpha value is -2.86. The van der Waals surface area contributed by atoms with Gasteiger partial charge in [0.2, 0.25) is 5.91 Å². The summed E-state index contributed by atoms with van der Waals surface area (Å²) in [7, 11) is 1.51. The fourth-order valence-corrected chi connectivity index (χ4v) is 2.44. The second-order valence-corrected chi connectivity index (χ2v) is 6.27. The number of ether oxygens (including phenoxy) is 1. The van der Waals surface area contributed by atoms with E-state index in [0.717, 1.165) is 0 Å². The number of nitrogens with one attached hydrogen (secondary N) is 1. The van der Waals surface area contributed by atoms with Crippen LogP contribution in [0.4, 0.5) is 5.69 Å². The quantitative estimate of drug-likeness (QED) is 0.703. The minimum absolute atomic E-state index is 0.0434. The highest BCUT2D eigenvalue weighted by atomic mass is 35.5. The van der Waals surface area contributed by atoms with Crippen LogP contribution in [0.3, 0.4) is 0 Å². The van der Waals surface area contributed by atoms with Crippen molar-refractivity contribution in [3.63, 3.8) is 0 Å². The molecule has 0 heterocycles. The maximum Gasteiger partial charge on any atom is 0.260 e. The number of benzene rings is 2. The van der Waals surface area contributed by atoms with Crippen LogP contribution in [-0.2, 0) is 9.59 Å². The molecule has 6 nitrogen and oxygen atoms in total. The molecule has 0 aliphatic rings. The van der Waals surface area contributed by atoms with E-state index in [1.165, 1.54) is 11.9 Å². The lowest BCUT2D eigenvalue weighted by Gasteiger charge is -2.17. The molecule has 0 aliphatic carbocycles. The van der Waals surface area contributed by atoms with Gasteiger partial charge in [-0.3, -0.25) is 14.4 Å². The Balaban J connectivity index is 1.82. The van der Waals surface area contributed by atoms with E-state index in [2.05, 4.69) is 5.32 Å². The average molecular weight is 389 g/mol. The molecule has 0 bridgehead atoms. The van der Waals surface area contributed by atoms with Gasteiger partial charge in [-0.1, -0.05) is 30.7 Å². The first-order chi connectivity index (χ1) is 12.9.